The molecule has 0 fully saturated rings. The van der Waals surface area contributed by atoms with E-state index in [1.165, 1.54) is 6.92 Å². The monoisotopic (exact) mass is 143 g/mol. The zero-order valence-corrected chi connectivity index (χ0v) is 6.44. The highest BCUT2D eigenvalue weighted by molar-refractivity contribution is 5.97. The number of carbonyl (C=O) groups is 2. The average molecular weight is 143 g/mol. The standard InChI is InChI=1S/C7H13NO2/c1-6(9)5-7(10)3-4-8-2/h8H,3-5H2,1-2H3. The highest BCUT2D eigenvalue weighted by Gasteiger charge is 2.02. The Labute approximate surface area is 60.8 Å². The lowest BCUT2D eigenvalue weighted by atomic mass is 10.2. The van der Waals surface area contributed by atoms with E-state index in [0.717, 1.165) is 0 Å². The second kappa shape index (κ2) is 5.11. The van der Waals surface area contributed by atoms with Crippen LogP contribution in [0.5, 0.6) is 0 Å². The smallest absolute Gasteiger partial charge is 0.141 e. The normalized spacial score (nSPS) is 9.40. The minimum atomic E-state index is -0.0545. The predicted octanol–water partition coefficient (Wildman–Crippen LogP) is 0.144. The number of carbonyl (C=O) groups excluding carboxylic acids is 2. The molecule has 0 bridgehead atoms. The maximum Gasteiger partial charge on any atom is 0.141 e. The van der Waals surface area contributed by atoms with Gasteiger partial charge in [0, 0.05) is 13.0 Å². The van der Waals surface area contributed by atoms with E-state index in [1.807, 2.05) is 0 Å². The molecule has 0 aromatic rings. The van der Waals surface area contributed by atoms with Gasteiger partial charge in [-0.3, -0.25) is 9.59 Å². The van der Waals surface area contributed by atoms with E-state index in [0.29, 0.717) is 13.0 Å². The lowest BCUT2D eigenvalue weighted by Gasteiger charge is -1.95. The molecule has 0 atom stereocenters. The largest absolute Gasteiger partial charge is 0.319 e. The number of rotatable bonds is 5. The summed E-state index contributed by atoms with van der Waals surface area (Å²) in [5, 5.41) is 2.84. The number of hydrogen-bond acceptors (Lipinski definition) is 3. The van der Waals surface area contributed by atoms with E-state index in [1.54, 1.807) is 7.05 Å². The van der Waals surface area contributed by atoms with Crippen LogP contribution >= 0.6 is 0 Å². The van der Waals surface area contributed by atoms with Crippen LogP contribution in [0.4, 0.5) is 0 Å². The van der Waals surface area contributed by atoms with Crippen molar-refractivity contribution in [3.05, 3.63) is 0 Å². The fourth-order valence-corrected chi connectivity index (χ4v) is 0.630. The van der Waals surface area contributed by atoms with Gasteiger partial charge in [0.15, 0.2) is 0 Å². The first-order valence-electron chi connectivity index (χ1n) is 3.32. The fraction of sp³-hybridized carbons (Fsp3) is 0.714. The van der Waals surface area contributed by atoms with Crippen molar-refractivity contribution in [1.82, 2.24) is 5.32 Å². The molecule has 1 N–H and O–H groups in total. The molecule has 0 aliphatic carbocycles. The Morgan fingerprint density at radius 3 is 2.40 bits per heavy atom. The van der Waals surface area contributed by atoms with E-state index in [9.17, 15) is 9.59 Å². The Bertz CT molecular complexity index is 132. The van der Waals surface area contributed by atoms with Crippen molar-refractivity contribution in [2.45, 2.75) is 19.8 Å². The number of Topliss-reactive ketones (excluding diaryl/α,β-unsaturated/α-hetero) is 2. The van der Waals surface area contributed by atoms with Crippen LogP contribution in [-0.4, -0.2) is 25.2 Å². The zero-order valence-electron chi connectivity index (χ0n) is 6.44. The summed E-state index contributed by atoms with van der Waals surface area (Å²) in [7, 11) is 1.78. The Hall–Kier alpha value is -0.700. The van der Waals surface area contributed by atoms with Crippen molar-refractivity contribution in [1.29, 1.82) is 0 Å². The fourth-order valence-electron chi connectivity index (χ4n) is 0.630. The molecule has 0 aliphatic rings. The SMILES string of the molecule is CNCCC(=O)CC(C)=O. The summed E-state index contributed by atoms with van der Waals surface area (Å²) < 4.78 is 0. The summed E-state index contributed by atoms with van der Waals surface area (Å²) in [6, 6.07) is 0. The lowest BCUT2D eigenvalue weighted by molar-refractivity contribution is -0.125. The summed E-state index contributed by atoms with van der Waals surface area (Å²) in [6.45, 7) is 2.09. The minimum absolute atomic E-state index is 0.0156. The van der Waals surface area contributed by atoms with Crippen LogP contribution < -0.4 is 5.32 Å². The molecule has 3 heteroatoms. The van der Waals surface area contributed by atoms with E-state index < -0.39 is 0 Å². The Morgan fingerprint density at radius 1 is 1.40 bits per heavy atom. The third-order valence-corrected chi connectivity index (χ3v) is 1.10. The molecule has 58 valence electrons. The Balaban J connectivity index is 3.35. The first kappa shape index (κ1) is 9.30. The maximum absolute atomic E-state index is 10.8. The van der Waals surface area contributed by atoms with Crippen molar-refractivity contribution in [3.8, 4) is 0 Å². The van der Waals surface area contributed by atoms with Crippen molar-refractivity contribution < 1.29 is 9.59 Å². The van der Waals surface area contributed by atoms with Gasteiger partial charge in [0.1, 0.15) is 11.6 Å². The minimum Gasteiger partial charge on any atom is -0.319 e. The molecule has 0 amide bonds. The van der Waals surface area contributed by atoms with Gasteiger partial charge in [-0.25, -0.2) is 0 Å². The summed E-state index contributed by atoms with van der Waals surface area (Å²) in [5.41, 5.74) is 0. The molecule has 10 heavy (non-hydrogen) atoms. The molecule has 0 spiro atoms. The van der Waals surface area contributed by atoms with Gasteiger partial charge in [-0.15, -0.1) is 0 Å². The van der Waals surface area contributed by atoms with Gasteiger partial charge in [-0.05, 0) is 14.0 Å². The number of hydrogen-bond donors (Lipinski definition) is 1. The molecule has 0 aromatic carbocycles. The first-order valence-corrected chi connectivity index (χ1v) is 3.32. The van der Waals surface area contributed by atoms with Gasteiger partial charge in [-0.1, -0.05) is 0 Å². The molecule has 3 nitrogen and oxygen atoms in total. The van der Waals surface area contributed by atoms with Gasteiger partial charge in [0.05, 0.1) is 6.42 Å². The number of ketones is 2. The van der Waals surface area contributed by atoms with Crippen LogP contribution in [0.1, 0.15) is 19.8 Å². The molecule has 0 unspecified atom stereocenters. The highest BCUT2D eigenvalue weighted by atomic mass is 16.1. The van der Waals surface area contributed by atoms with Gasteiger partial charge < -0.3 is 5.32 Å². The summed E-state index contributed by atoms with van der Waals surface area (Å²) >= 11 is 0. The first-order chi connectivity index (χ1) is 4.66. The van der Waals surface area contributed by atoms with Crippen LogP contribution in [0.2, 0.25) is 0 Å². The van der Waals surface area contributed by atoms with Crippen molar-refractivity contribution in [2.75, 3.05) is 13.6 Å². The van der Waals surface area contributed by atoms with Crippen LogP contribution in [0.15, 0.2) is 0 Å². The Morgan fingerprint density at radius 2 is 2.00 bits per heavy atom. The topological polar surface area (TPSA) is 46.2 Å². The van der Waals surface area contributed by atoms with Crippen LogP contribution in [0.25, 0.3) is 0 Å². The Kier molecular flexibility index (Phi) is 4.76. The molecular formula is C7H13NO2. The molecule has 0 aromatic heterocycles. The second-order valence-corrected chi connectivity index (χ2v) is 2.27. The van der Waals surface area contributed by atoms with Gasteiger partial charge in [-0.2, -0.15) is 0 Å². The molecular weight excluding hydrogens is 130 g/mol. The van der Waals surface area contributed by atoms with Crippen LogP contribution in [0.3, 0.4) is 0 Å². The second-order valence-electron chi connectivity index (χ2n) is 2.27. The number of nitrogens with one attached hydrogen (secondary N) is 1. The van der Waals surface area contributed by atoms with Crippen LogP contribution in [0, 0.1) is 0 Å². The molecule has 0 rings (SSSR count). The van der Waals surface area contributed by atoms with Crippen LogP contribution in [-0.2, 0) is 9.59 Å². The van der Waals surface area contributed by atoms with Gasteiger partial charge >= 0.3 is 0 Å². The quantitative estimate of drug-likeness (QED) is 0.557. The van der Waals surface area contributed by atoms with Gasteiger partial charge in [0.25, 0.3) is 0 Å². The van der Waals surface area contributed by atoms with Crippen molar-refractivity contribution in [3.63, 3.8) is 0 Å². The molecule has 0 radical (unpaired) electrons. The maximum atomic E-state index is 10.8. The third-order valence-electron chi connectivity index (χ3n) is 1.10. The zero-order chi connectivity index (χ0) is 7.98. The molecule has 0 saturated carbocycles. The molecule has 0 saturated heterocycles. The predicted molar refractivity (Wildman–Crippen MR) is 38.8 cm³/mol. The van der Waals surface area contributed by atoms with Gasteiger partial charge in [0.2, 0.25) is 0 Å². The molecule has 0 aliphatic heterocycles. The van der Waals surface area contributed by atoms with Crippen molar-refractivity contribution >= 4 is 11.6 Å². The summed E-state index contributed by atoms with van der Waals surface area (Å²) in [6.07, 6.45) is 0.539. The van der Waals surface area contributed by atoms with E-state index in [-0.39, 0.29) is 18.0 Å². The highest BCUT2D eigenvalue weighted by Crippen LogP contribution is 1.88. The van der Waals surface area contributed by atoms with E-state index >= 15 is 0 Å². The summed E-state index contributed by atoms with van der Waals surface area (Å²) in [5.74, 6) is -0.0389. The molecule has 0 heterocycles. The van der Waals surface area contributed by atoms with E-state index in [4.69, 9.17) is 0 Å². The summed E-state index contributed by atoms with van der Waals surface area (Å²) in [4.78, 5) is 21.1. The lowest BCUT2D eigenvalue weighted by Crippen LogP contribution is -2.14. The van der Waals surface area contributed by atoms with E-state index in [2.05, 4.69) is 5.32 Å². The third kappa shape index (κ3) is 5.44. The van der Waals surface area contributed by atoms with Crippen molar-refractivity contribution in [2.24, 2.45) is 0 Å². The average Bonchev–Trinajstić information content (AvgIpc) is 1.82.